The van der Waals surface area contributed by atoms with Crippen molar-refractivity contribution in [3.63, 3.8) is 0 Å². The first-order valence-corrected chi connectivity index (χ1v) is 4.71. The van der Waals surface area contributed by atoms with Gasteiger partial charge in [-0.3, -0.25) is 4.90 Å². The number of hydrogen-bond acceptors (Lipinski definition) is 1. The van der Waals surface area contributed by atoms with E-state index in [9.17, 15) is 0 Å². The highest BCUT2D eigenvalue weighted by atomic mass is 15.1. The van der Waals surface area contributed by atoms with Crippen molar-refractivity contribution in [2.24, 2.45) is 0 Å². The van der Waals surface area contributed by atoms with Crippen molar-refractivity contribution >= 4 is 0 Å². The molecule has 12 heavy (non-hydrogen) atoms. The van der Waals surface area contributed by atoms with Gasteiger partial charge in [0, 0.05) is 12.6 Å². The Morgan fingerprint density at radius 3 is 2.92 bits per heavy atom. The third-order valence-corrected chi connectivity index (χ3v) is 2.31. The predicted molar refractivity (Wildman–Crippen MR) is 54.2 cm³/mol. The monoisotopic (exact) mass is 165 g/mol. The third kappa shape index (κ3) is 2.82. The molecule has 0 heterocycles. The zero-order valence-corrected chi connectivity index (χ0v) is 8.21. The first-order chi connectivity index (χ1) is 5.70. The van der Waals surface area contributed by atoms with Crippen molar-refractivity contribution < 1.29 is 0 Å². The van der Waals surface area contributed by atoms with Crippen LogP contribution < -0.4 is 0 Å². The van der Waals surface area contributed by atoms with Gasteiger partial charge in [-0.15, -0.1) is 0 Å². The fourth-order valence-electron chi connectivity index (χ4n) is 1.70. The molecule has 0 radical (unpaired) electrons. The second-order valence-corrected chi connectivity index (χ2v) is 3.80. The van der Waals surface area contributed by atoms with Gasteiger partial charge >= 0.3 is 0 Å². The smallest absolute Gasteiger partial charge is 0.0278 e. The molecule has 1 nitrogen and oxygen atoms in total. The van der Waals surface area contributed by atoms with Crippen LogP contribution in [0.5, 0.6) is 0 Å². The summed E-state index contributed by atoms with van der Waals surface area (Å²) in [6, 6.07) is 0.649. The van der Waals surface area contributed by atoms with Crippen LogP contribution in [-0.4, -0.2) is 24.5 Å². The van der Waals surface area contributed by atoms with Gasteiger partial charge in [-0.05, 0) is 33.2 Å². The molecule has 0 aromatic rings. The number of rotatable bonds is 3. The molecule has 0 saturated carbocycles. The fourth-order valence-corrected chi connectivity index (χ4v) is 1.70. The van der Waals surface area contributed by atoms with Gasteiger partial charge in [-0.25, -0.2) is 0 Å². The molecule has 0 saturated heterocycles. The zero-order chi connectivity index (χ0) is 8.97. The first-order valence-electron chi connectivity index (χ1n) is 4.71. The number of hydrogen-bond donors (Lipinski definition) is 0. The van der Waals surface area contributed by atoms with E-state index in [2.05, 4.69) is 37.6 Å². The Hall–Kier alpha value is -0.560. The van der Waals surface area contributed by atoms with Crippen molar-refractivity contribution in [3.05, 3.63) is 24.3 Å². The molecular formula is C11H19N. The Morgan fingerprint density at radius 2 is 2.42 bits per heavy atom. The minimum Gasteiger partial charge on any atom is -0.296 e. The topological polar surface area (TPSA) is 3.24 Å². The highest BCUT2D eigenvalue weighted by Crippen LogP contribution is 2.15. The van der Waals surface area contributed by atoms with Gasteiger partial charge < -0.3 is 0 Å². The van der Waals surface area contributed by atoms with Gasteiger partial charge in [0.2, 0.25) is 0 Å². The quantitative estimate of drug-likeness (QED) is 0.581. The average molecular weight is 165 g/mol. The van der Waals surface area contributed by atoms with E-state index >= 15 is 0 Å². The van der Waals surface area contributed by atoms with E-state index in [1.165, 1.54) is 24.8 Å². The molecule has 1 rings (SSSR count). The summed E-state index contributed by atoms with van der Waals surface area (Å²) in [5, 5.41) is 0. The molecule has 1 aliphatic carbocycles. The summed E-state index contributed by atoms with van der Waals surface area (Å²) >= 11 is 0. The van der Waals surface area contributed by atoms with Gasteiger partial charge in [-0.1, -0.05) is 24.3 Å². The molecule has 0 spiro atoms. The Labute approximate surface area is 75.8 Å². The molecule has 0 fully saturated rings. The second kappa shape index (κ2) is 4.46. The number of allylic oxidation sites excluding steroid dienone is 1. The van der Waals surface area contributed by atoms with E-state index in [1.54, 1.807) is 0 Å². The van der Waals surface area contributed by atoms with Crippen LogP contribution in [0.3, 0.4) is 0 Å². The summed E-state index contributed by atoms with van der Waals surface area (Å²) in [5.74, 6) is 0. The van der Waals surface area contributed by atoms with Gasteiger partial charge in [0.05, 0.1) is 0 Å². The van der Waals surface area contributed by atoms with Crippen molar-refractivity contribution in [1.82, 2.24) is 4.90 Å². The average Bonchev–Trinajstić information content (AvgIpc) is 2.05. The van der Waals surface area contributed by atoms with Crippen molar-refractivity contribution in [3.8, 4) is 0 Å². The maximum Gasteiger partial charge on any atom is 0.0278 e. The normalized spacial score (nSPS) is 23.1. The summed E-state index contributed by atoms with van der Waals surface area (Å²) in [5.41, 5.74) is 1.25. The van der Waals surface area contributed by atoms with Crippen LogP contribution in [0.25, 0.3) is 0 Å². The molecule has 1 heteroatoms. The molecular weight excluding hydrogens is 146 g/mol. The molecule has 0 aromatic carbocycles. The molecule has 1 atom stereocenters. The Morgan fingerprint density at radius 1 is 1.67 bits per heavy atom. The first kappa shape index (κ1) is 9.53. The van der Waals surface area contributed by atoms with Crippen LogP contribution in [0.2, 0.25) is 0 Å². The summed E-state index contributed by atoms with van der Waals surface area (Å²) in [6.07, 6.45) is 8.52. The van der Waals surface area contributed by atoms with E-state index in [4.69, 9.17) is 0 Å². The van der Waals surface area contributed by atoms with Crippen LogP contribution >= 0.6 is 0 Å². The van der Waals surface area contributed by atoms with Crippen molar-refractivity contribution in [2.75, 3.05) is 13.6 Å². The molecule has 1 unspecified atom stereocenters. The molecule has 1 aliphatic rings. The highest BCUT2D eigenvalue weighted by molar-refractivity contribution is 5.01. The lowest BCUT2D eigenvalue weighted by Gasteiger charge is -2.27. The van der Waals surface area contributed by atoms with Crippen molar-refractivity contribution in [2.45, 2.75) is 32.2 Å². The van der Waals surface area contributed by atoms with E-state index in [0.717, 1.165) is 6.54 Å². The van der Waals surface area contributed by atoms with E-state index in [0.29, 0.717) is 6.04 Å². The van der Waals surface area contributed by atoms with E-state index in [-0.39, 0.29) is 0 Å². The maximum absolute atomic E-state index is 3.92. The lowest BCUT2D eigenvalue weighted by Crippen LogP contribution is -2.32. The number of nitrogens with zero attached hydrogens (tertiary/aromatic N) is 1. The fraction of sp³-hybridized carbons (Fsp3) is 0.636. The predicted octanol–water partition coefficient (Wildman–Crippen LogP) is 2.60. The summed E-state index contributed by atoms with van der Waals surface area (Å²) in [6.45, 7) is 7.03. The van der Waals surface area contributed by atoms with Crippen LogP contribution in [0.1, 0.15) is 26.2 Å². The minimum atomic E-state index is 0.649. The van der Waals surface area contributed by atoms with Crippen molar-refractivity contribution in [1.29, 1.82) is 0 Å². The Balaban J connectivity index is 2.39. The second-order valence-electron chi connectivity index (χ2n) is 3.80. The summed E-state index contributed by atoms with van der Waals surface area (Å²) in [7, 11) is 2.18. The van der Waals surface area contributed by atoms with Crippen LogP contribution in [-0.2, 0) is 0 Å². The SMILES string of the molecule is C=C(C)CN(C)C1C=CCCC1. The molecule has 0 N–H and O–H groups in total. The van der Waals surface area contributed by atoms with Crippen LogP contribution in [0.15, 0.2) is 24.3 Å². The molecule has 0 aromatic heterocycles. The Kier molecular flexibility index (Phi) is 3.54. The molecule has 68 valence electrons. The Bertz CT molecular complexity index is 181. The van der Waals surface area contributed by atoms with Gasteiger partial charge in [0.25, 0.3) is 0 Å². The standard InChI is InChI=1S/C11H19N/c1-10(2)9-12(3)11-7-5-4-6-8-11/h5,7,11H,1,4,6,8-9H2,2-3H3. The summed E-state index contributed by atoms with van der Waals surface area (Å²) in [4.78, 5) is 2.37. The zero-order valence-electron chi connectivity index (χ0n) is 8.21. The highest BCUT2D eigenvalue weighted by Gasteiger charge is 2.12. The lowest BCUT2D eigenvalue weighted by molar-refractivity contribution is 0.282. The third-order valence-electron chi connectivity index (χ3n) is 2.31. The van der Waals surface area contributed by atoms with E-state index in [1.807, 2.05) is 0 Å². The molecule has 0 amide bonds. The maximum atomic E-state index is 3.92. The lowest BCUT2D eigenvalue weighted by atomic mass is 10.0. The van der Waals surface area contributed by atoms with E-state index < -0.39 is 0 Å². The molecule has 0 bridgehead atoms. The largest absolute Gasteiger partial charge is 0.296 e. The van der Waals surface area contributed by atoms with Gasteiger partial charge in [0.15, 0.2) is 0 Å². The van der Waals surface area contributed by atoms with Crippen LogP contribution in [0.4, 0.5) is 0 Å². The molecule has 0 aliphatic heterocycles. The summed E-state index contributed by atoms with van der Waals surface area (Å²) < 4.78 is 0. The van der Waals surface area contributed by atoms with Crippen LogP contribution in [0, 0.1) is 0 Å². The van der Waals surface area contributed by atoms with Gasteiger partial charge in [-0.2, -0.15) is 0 Å². The number of likely N-dealkylation sites (N-methyl/N-ethyl adjacent to an activating group) is 1. The van der Waals surface area contributed by atoms with Gasteiger partial charge in [0.1, 0.15) is 0 Å². The minimum absolute atomic E-state index is 0.649.